The second-order valence-corrected chi connectivity index (χ2v) is 8.40. The number of nitrogens with zero attached hydrogens (tertiary/aromatic N) is 1. The van der Waals surface area contributed by atoms with E-state index < -0.39 is 0 Å². The van der Waals surface area contributed by atoms with Crippen molar-refractivity contribution in [3.8, 4) is 11.5 Å². The molecule has 4 rings (SSSR count). The third-order valence-electron chi connectivity index (χ3n) is 6.71. The van der Waals surface area contributed by atoms with Crippen molar-refractivity contribution in [3.63, 3.8) is 0 Å². The number of hydrogen-bond acceptors (Lipinski definition) is 4. The largest absolute Gasteiger partial charge is 0.493 e. The Morgan fingerprint density at radius 1 is 1.11 bits per heavy atom. The number of urea groups is 1. The zero-order valence-electron chi connectivity index (χ0n) is 17.1. The lowest BCUT2D eigenvalue weighted by Gasteiger charge is -2.46. The van der Waals surface area contributed by atoms with Crippen molar-refractivity contribution in [1.82, 2.24) is 10.2 Å². The molecule has 2 amide bonds. The summed E-state index contributed by atoms with van der Waals surface area (Å²) < 4.78 is 16.7. The Kier molecular flexibility index (Phi) is 5.67. The summed E-state index contributed by atoms with van der Waals surface area (Å²) in [4.78, 5) is 15.1. The van der Waals surface area contributed by atoms with E-state index in [1.165, 1.54) is 24.8 Å². The molecule has 1 saturated carbocycles. The molecule has 1 saturated heterocycles. The molecule has 2 fully saturated rings. The third-order valence-corrected chi connectivity index (χ3v) is 6.71. The Labute approximate surface area is 167 Å². The predicted molar refractivity (Wildman–Crippen MR) is 107 cm³/mol. The van der Waals surface area contributed by atoms with E-state index in [9.17, 15) is 4.79 Å². The summed E-state index contributed by atoms with van der Waals surface area (Å²) >= 11 is 0. The molecule has 2 heterocycles. The van der Waals surface area contributed by atoms with Crippen LogP contribution in [0.25, 0.3) is 0 Å². The van der Waals surface area contributed by atoms with Gasteiger partial charge in [0, 0.05) is 37.8 Å². The van der Waals surface area contributed by atoms with Gasteiger partial charge < -0.3 is 24.4 Å². The van der Waals surface area contributed by atoms with Gasteiger partial charge in [0.25, 0.3) is 0 Å². The van der Waals surface area contributed by atoms with Gasteiger partial charge in [-0.25, -0.2) is 4.79 Å². The molecule has 154 valence electrons. The van der Waals surface area contributed by atoms with Crippen molar-refractivity contribution in [2.24, 2.45) is 0 Å². The number of fused-ring (bicyclic) bond motifs is 2. The van der Waals surface area contributed by atoms with Crippen LogP contribution in [0.2, 0.25) is 0 Å². The minimum absolute atomic E-state index is 0.0678. The Morgan fingerprint density at radius 2 is 1.79 bits per heavy atom. The fraction of sp³-hybridized carbons (Fsp3) is 0.682. The second-order valence-electron chi connectivity index (χ2n) is 8.40. The lowest BCUT2D eigenvalue weighted by atomic mass is 9.70. The van der Waals surface area contributed by atoms with E-state index in [1.54, 1.807) is 14.2 Å². The van der Waals surface area contributed by atoms with Gasteiger partial charge in [-0.1, -0.05) is 19.3 Å². The minimum Gasteiger partial charge on any atom is -0.493 e. The lowest BCUT2D eigenvalue weighted by Crippen LogP contribution is -2.54. The number of rotatable bonds is 3. The van der Waals surface area contributed by atoms with Crippen molar-refractivity contribution in [3.05, 3.63) is 23.3 Å². The summed E-state index contributed by atoms with van der Waals surface area (Å²) in [6, 6.07) is 4.55. The molecule has 2 aliphatic heterocycles. The van der Waals surface area contributed by atoms with E-state index in [1.807, 2.05) is 11.0 Å². The molecule has 0 atom stereocenters. The Morgan fingerprint density at radius 3 is 2.46 bits per heavy atom. The smallest absolute Gasteiger partial charge is 0.317 e. The molecule has 6 heteroatoms. The minimum atomic E-state index is -0.0741. The maximum absolute atomic E-state index is 13.1. The van der Waals surface area contributed by atoms with Crippen LogP contribution >= 0.6 is 0 Å². The van der Waals surface area contributed by atoms with Gasteiger partial charge in [0.1, 0.15) is 0 Å². The first kappa shape index (κ1) is 19.4. The van der Waals surface area contributed by atoms with E-state index >= 15 is 0 Å². The zero-order valence-corrected chi connectivity index (χ0v) is 17.1. The number of methoxy groups -OCH3 is 2. The fourth-order valence-corrected chi connectivity index (χ4v) is 5.10. The van der Waals surface area contributed by atoms with Gasteiger partial charge in [-0.2, -0.15) is 0 Å². The molecule has 0 unspecified atom stereocenters. The summed E-state index contributed by atoms with van der Waals surface area (Å²) in [5, 5.41) is 3.29. The predicted octanol–water partition coefficient (Wildman–Crippen LogP) is 3.61. The first-order chi connectivity index (χ1) is 13.6. The topological polar surface area (TPSA) is 60.0 Å². The fourth-order valence-electron chi connectivity index (χ4n) is 5.10. The standard InChI is InChI=1S/C22H32N2O4/c1-26-19-12-16-14-24(21(25)23-17-6-4-3-5-7-17)15-22(8-10-28-11-9-22)18(16)13-20(19)27-2/h12-13,17H,3-11,14-15H2,1-2H3,(H,23,25). The lowest BCUT2D eigenvalue weighted by molar-refractivity contribution is 0.0315. The highest BCUT2D eigenvalue weighted by Crippen LogP contribution is 2.45. The maximum atomic E-state index is 13.1. The van der Waals surface area contributed by atoms with Crippen LogP contribution in [-0.2, 0) is 16.7 Å². The van der Waals surface area contributed by atoms with E-state index in [2.05, 4.69) is 11.4 Å². The molecule has 0 bridgehead atoms. The molecule has 1 N–H and O–H groups in total. The van der Waals surface area contributed by atoms with Gasteiger partial charge in [0.2, 0.25) is 0 Å². The van der Waals surface area contributed by atoms with Crippen molar-refractivity contribution < 1.29 is 19.0 Å². The molecule has 6 nitrogen and oxygen atoms in total. The van der Waals surface area contributed by atoms with E-state index in [0.717, 1.165) is 62.5 Å². The number of hydrogen-bond donors (Lipinski definition) is 1. The number of benzene rings is 1. The highest BCUT2D eigenvalue weighted by molar-refractivity contribution is 5.75. The molecule has 1 aromatic rings. The highest BCUT2D eigenvalue weighted by Gasteiger charge is 2.43. The average molecular weight is 389 g/mol. The van der Waals surface area contributed by atoms with Gasteiger partial charge >= 0.3 is 6.03 Å². The monoisotopic (exact) mass is 388 g/mol. The van der Waals surface area contributed by atoms with Gasteiger partial charge in [-0.3, -0.25) is 0 Å². The molecule has 0 aromatic heterocycles. The summed E-state index contributed by atoms with van der Waals surface area (Å²) in [6.07, 6.45) is 7.75. The van der Waals surface area contributed by atoms with Crippen molar-refractivity contribution in [2.45, 2.75) is 62.9 Å². The summed E-state index contributed by atoms with van der Waals surface area (Å²) in [7, 11) is 3.33. The first-order valence-electron chi connectivity index (χ1n) is 10.5. The number of amides is 2. The first-order valence-corrected chi connectivity index (χ1v) is 10.5. The summed E-state index contributed by atoms with van der Waals surface area (Å²) in [6.45, 7) is 2.80. The Bertz CT molecular complexity index is 709. The van der Waals surface area contributed by atoms with E-state index in [-0.39, 0.29) is 11.4 Å². The molecule has 1 aliphatic carbocycles. The van der Waals surface area contributed by atoms with Crippen LogP contribution in [0.4, 0.5) is 4.79 Å². The Balaban J connectivity index is 1.63. The van der Waals surface area contributed by atoms with Crippen LogP contribution in [0.5, 0.6) is 11.5 Å². The molecule has 3 aliphatic rings. The van der Waals surface area contributed by atoms with Crippen LogP contribution in [0, 0.1) is 0 Å². The van der Waals surface area contributed by atoms with Crippen molar-refractivity contribution in [2.75, 3.05) is 34.0 Å². The normalized spacial score (nSPS) is 21.9. The molecule has 1 aromatic carbocycles. The zero-order chi connectivity index (χ0) is 19.6. The number of ether oxygens (including phenoxy) is 3. The highest BCUT2D eigenvalue weighted by atomic mass is 16.5. The van der Waals surface area contributed by atoms with Crippen LogP contribution in [0.15, 0.2) is 12.1 Å². The number of carbonyl (C=O) groups excluding carboxylic acids is 1. The van der Waals surface area contributed by atoms with Crippen molar-refractivity contribution >= 4 is 6.03 Å². The Hall–Kier alpha value is -1.95. The summed E-state index contributed by atoms with van der Waals surface area (Å²) in [5.74, 6) is 1.48. The second kappa shape index (κ2) is 8.19. The van der Waals surface area contributed by atoms with E-state index in [4.69, 9.17) is 14.2 Å². The number of nitrogens with one attached hydrogen (secondary N) is 1. The summed E-state index contributed by atoms with van der Waals surface area (Å²) in [5.41, 5.74) is 2.37. The number of carbonyl (C=O) groups is 1. The van der Waals surface area contributed by atoms with Crippen LogP contribution in [0.1, 0.15) is 56.1 Å². The molecule has 1 spiro atoms. The van der Waals surface area contributed by atoms with Crippen LogP contribution < -0.4 is 14.8 Å². The average Bonchev–Trinajstić information content (AvgIpc) is 2.74. The molecular weight excluding hydrogens is 356 g/mol. The molecule has 0 radical (unpaired) electrons. The maximum Gasteiger partial charge on any atom is 0.317 e. The van der Waals surface area contributed by atoms with Crippen LogP contribution in [0.3, 0.4) is 0 Å². The van der Waals surface area contributed by atoms with Gasteiger partial charge in [-0.15, -0.1) is 0 Å². The molecular formula is C22H32N2O4. The van der Waals surface area contributed by atoms with Gasteiger partial charge in [0.05, 0.1) is 14.2 Å². The third kappa shape index (κ3) is 3.66. The van der Waals surface area contributed by atoms with Crippen LogP contribution in [-0.4, -0.2) is 51.0 Å². The van der Waals surface area contributed by atoms with Gasteiger partial charge in [-0.05, 0) is 48.9 Å². The molecule has 28 heavy (non-hydrogen) atoms. The van der Waals surface area contributed by atoms with Crippen molar-refractivity contribution in [1.29, 1.82) is 0 Å². The van der Waals surface area contributed by atoms with E-state index in [0.29, 0.717) is 12.6 Å². The SMILES string of the molecule is COc1cc2c(cc1OC)C1(CCOCC1)CN(C(=O)NC1CCCCC1)C2. The van der Waals surface area contributed by atoms with Gasteiger partial charge in [0.15, 0.2) is 11.5 Å². The quantitative estimate of drug-likeness (QED) is 0.859.